The van der Waals surface area contributed by atoms with Crippen LogP contribution in [0.1, 0.15) is 31.4 Å². The molecule has 0 bridgehead atoms. The van der Waals surface area contributed by atoms with Gasteiger partial charge in [0.05, 0.1) is 16.1 Å². The number of hydrogen-bond donors (Lipinski definition) is 1. The van der Waals surface area contributed by atoms with Crippen molar-refractivity contribution in [2.24, 2.45) is 5.41 Å². The topological polar surface area (TPSA) is 84.2 Å². The molecule has 166 valence electrons. The van der Waals surface area contributed by atoms with Crippen LogP contribution in [0.2, 0.25) is 0 Å². The van der Waals surface area contributed by atoms with Crippen molar-refractivity contribution in [3.05, 3.63) is 63.7 Å². The first-order chi connectivity index (χ1) is 15.1. The van der Waals surface area contributed by atoms with Gasteiger partial charge in [-0.3, -0.25) is 10.1 Å². The van der Waals surface area contributed by atoms with E-state index in [4.69, 9.17) is 0 Å². The van der Waals surface area contributed by atoms with Gasteiger partial charge in [0.25, 0.3) is 5.69 Å². The minimum atomic E-state index is -0.470. The number of nitro benzene ring substituents is 1. The molecule has 0 aliphatic carbocycles. The van der Waals surface area contributed by atoms with Gasteiger partial charge in [-0.2, -0.15) is 0 Å². The van der Waals surface area contributed by atoms with E-state index in [9.17, 15) is 14.5 Å². The molecular formula is C24H26FN5O2. The summed E-state index contributed by atoms with van der Waals surface area (Å²) in [5.74, 6) is 6.11. The van der Waals surface area contributed by atoms with E-state index in [2.05, 4.69) is 27.1 Å². The number of rotatable bonds is 6. The quantitative estimate of drug-likeness (QED) is 0.331. The molecule has 1 heterocycles. The van der Waals surface area contributed by atoms with E-state index in [0.717, 1.165) is 13.0 Å². The lowest BCUT2D eigenvalue weighted by Crippen LogP contribution is -2.29. The van der Waals surface area contributed by atoms with Crippen molar-refractivity contribution in [3.63, 3.8) is 0 Å². The van der Waals surface area contributed by atoms with Crippen LogP contribution < -0.4 is 5.32 Å². The molecule has 1 unspecified atom stereocenters. The summed E-state index contributed by atoms with van der Waals surface area (Å²) in [7, 11) is 3.94. The summed E-state index contributed by atoms with van der Waals surface area (Å²) in [5.41, 5.74) is 1.03. The maximum Gasteiger partial charge on any atom is 0.285 e. The molecule has 3 aromatic rings. The van der Waals surface area contributed by atoms with Gasteiger partial charge in [-0.05, 0) is 52.1 Å². The van der Waals surface area contributed by atoms with E-state index < -0.39 is 10.7 Å². The molecule has 2 aromatic carbocycles. The van der Waals surface area contributed by atoms with Gasteiger partial charge in [0.1, 0.15) is 23.5 Å². The number of nitrogens with one attached hydrogen (secondary N) is 1. The zero-order chi connectivity index (χ0) is 23.5. The highest BCUT2D eigenvalue weighted by Gasteiger charge is 2.22. The number of aryl methyl sites for hydroxylation is 1. The Bertz CT molecular complexity index is 1230. The molecule has 8 heteroatoms. The Hall–Kier alpha value is -3.57. The molecule has 0 radical (unpaired) electrons. The Balaban J connectivity index is 2.11. The fraction of sp³-hybridized carbons (Fsp3) is 0.333. The number of halogens is 1. The van der Waals surface area contributed by atoms with Crippen LogP contribution in [-0.4, -0.2) is 40.4 Å². The van der Waals surface area contributed by atoms with Gasteiger partial charge in [-0.25, -0.2) is 14.4 Å². The van der Waals surface area contributed by atoms with Crippen LogP contribution in [-0.2, 0) is 0 Å². The van der Waals surface area contributed by atoms with Crippen LogP contribution in [0.15, 0.2) is 36.7 Å². The van der Waals surface area contributed by atoms with Crippen LogP contribution in [0.3, 0.4) is 0 Å². The van der Waals surface area contributed by atoms with Crippen molar-refractivity contribution in [1.82, 2.24) is 14.9 Å². The average Bonchev–Trinajstić information content (AvgIpc) is 2.74. The Labute approximate surface area is 186 Å². The number of nitro groups is 1. The van der Waals surface area contributed by atoms with Gasteiger partial charge in [0, 0.05) is 23.4 Å². The van der Waals surface area contributed by atoms with Crippen LogP contribution in [0.5, 0.6) is 0 Å². The second kappa shape index (κ2) is 9.28. The van der Waals surface area contributed by atoms with Gasteiger partial charge in [0.15, 0.2) is 0 Å². The highest BCUT2D eigenvalue weighted by molar-refractivity contribution is 5.93. The average molecular weight is 436 g/mol. The number of nitrogens with zero attached hydrogens (tertiary/aromatic N) is 4. The minimum absolute atomic E-state index is 0.143. The number of benzene rings is 2. The number of hydrogen-bond acceptors (Lipinski definition) is 6. The van der Waals surface area contributed by atoms with Crippen molar-refractivity contribution < 1.29 is 9.31 Å². The second-order valence-corrected chi connectivity index (χ2v) is 8.33. The normalized spacial score (nSPS) is 12.8. The fourth-order valence-electron chi connectivity index (χ4n) is 3.47. The van der Waals surface area contributed by atoms with Gasteiger partial charge < -0.3 is 10.2 Å². The minimum Gasteiger partial charge on any atom is -0.337 e. The Morgan fingerprint density at radius 1 is 1.28 bits per heavy atom. The zero-order valence-corrected chi connectivity index (χ0v) is 18.9. The molecule has 32 heavy (non-hydrogen) atoms. The standard InChI is InChI=1S/C24H26FN5O2/c1-6-24(3,14-29(4)5)11-10-17-12-20-18(13-21(17)30(31)32)23(27-15-26-20)28-19-9-7-8-16(2)22(19)25/h7-9,12-13,15H,6,14H2,1-5H3,(H,26,27,28). The first-order valence-electron chi connectivity index (χ1n) is 10.3. The molecule has 1 aromatic heterocycles. The third-order valence-electron chi connectivity index (χ3n) is 5.34. The summed E-state index contributed by atoms with van der Waals surface area (Å²) in [6, 6.07) is 7.95. The third-order valence-corrected chi connectivity index (χ3v) is 5.34. The molecule has 1 N–H and O–H groups in total. The molecule has 0 saturated carbocycles. The highest BCUT2D eigenvalue weighted by atomic mass is 19.1. The number of aromatic nitrogens is 2. The molecular weight excluding hydrogens is 409 g/mol. The molecule has 3 rings (SSSR count). The summed E-state index contributed by atoms with van der Waals surface area (Å²) in [5, 5.41) is 15.2. The summed E-state index contributed by atoms with van der Waals surface area (Å²) < 4.78 is 14.5. The van der Waals surface area contributed by atoms with Crippen molar-refractivity contribution in [2.45, 2.75) is 27.2 Å². The van der Waals surface area contributed by atoms with E-state index in [0.29, 0.717) is 16.5 Å². The van der Waals surface area contributed by atoms with E-state index in [1.165, 1.54) is 12.4 Å². The largest absolute Gasteiger partial charge is 0.337 e. The van der Waals surface area contributed by atoms with Gasteiger partial charge in [-0.1, -0.05) is 30.9 Å². The predicted molar refractivity (Wildman–Crippen MR) is 124 cm³/mol. The molecule has 0 aliphatic rings. The molecule has 0 fully saturated rings. The van der Waals surface area contributed by atoms with Crippen LogP contribution in [0.4, 0.5) is 21.6 Å². The lowest BCUT2D eigenvalue weighted by molar-refractivity contribution is -0.385. The first kappa shape index (κ1) is 23.1. The third kappa shape index (κ3) is 5.01. The monoisotopic (exact) mass is 435 g/mol. The second-order valence-electron chi connectivity index (χ2n) is 8.33. The molecule has 0 spiro atoms. The SMILES string of the molecule is CCC(C)(C#Cc1cc2ncnc(Nc3cccc(C)c3F)c2cc1[N+](=O)[O-])CN(C)C. The van der Waals surface area contributed by atoms with Crippen molar-refractivity contribution in [3.8, 4) is 11.8 Å². The lowest BCUT2D eigenvalue weighted by Gasteiger charge is -2.25. The van der Waals surface area contributed by atoms with Crippen molar-refractivity contribution in [1.29, 1.82) is 0 Å². The predicted octanol–water partition coefficient (Wildman–Crippen LogP) is 5.06. The molecule has 0 aliphatic heterocycles. The molecule has 0 saturated heterocycles. The number of fused-ring (bicyclic) bond motifs is 1. The fourth-order valence-corrected chi connectivity index (χ4v) is 3.47. The summed E-state index contributed by atoms with van der Waals surface area (Å²) in [4.78, 5) is 21.8. The van der Waals surface area contributed by atoms with E-state index in [-0.39, 0.29) is 28.2 Å². The highest BCUT2D eigenvalue weighted by Crippen LogP contribution is 2.31. The summed E-state index contributed by atoms with van der Waals surface area (Å²) in [6.45, 7) is 6.47. The lowest BCUT2D eigenvalue weighted by atomic mass is 9.87. The van der Waals surface area contributed by atoms with Crippen molar-refractivity contribution >= 4 is 28.1 Å². The van der Waals surface area contributed by atoms with E-state index >= 15 is 0 Å². The van der Waals surface area contributed by atoms with Crippen LogP contribution >= 0.6 is 0 Å². The molecule has 0 amide bonds. The molecule has 7 nitrogen and oxygen atoms in total. The molecule has 1 atom stereocenters. The van der Waals surface area contributed by atoms with Gasteiger partial charge in [-0.15, -0.1) is 0 Å². The number of anilines is 2. The van der Waals surface area contributed by atoms with Crippen LogP contribution in [0, 0.1) is 40.1 Å². The van der Waals surface area contributed by atoms with Gasteiger partial charge >= 0.3 is 0 Å². The Morgan fingerprint density at radius 2 is 2.03 bits per heavy atom. The maximum absolute atomic E-state index is 14.5. The van der Waals surface area contributed by atoms with E-state index in [1.807, 2.05) is 32.8 Å². The maximum atomic E-state index is 14.5. The van der Waals surface area contributed by atoms with Crippen molar-refractivity contribution in [2.75, 3.05) is 26.0 Å². The summed E-state index contributed by atoms with van der Waals surface area (Å²) >= 11 is 0. The smallest absolute Gasteiger partial charge is 0.285 e. The first-order valence-corrected chi connectivity index (χ1v) is 10.3. The summed E-state index contributed by atoms with van der Waals surface area (Å²) in [6.07, 6.45) is 2.14. The zero-order valence-electron chi connectivity index (χ0n) is 18.9. The Kier molecular flexibility index (Phi) is 6.70. The van der Waals surface area contributed by atoms with E-state index in [1.54, 1.807) is 31.2 Å². The Morgan fingerprint density at radius 3 is 2.69 bits per heavy atom. The van der Waals surface area contributed by atoms with Crippen LogP contribution in [0.25, 0.3) is 10.9 Å². The van der Waals surface area contributed by atoms with Gasteiger partial charge in [0.2, 0.25) is 0 Å².